The molecule has 0 spiro atoms. The zero-order chi connectivity index (χ0) is 11.1. The van der Waals surface area contributed by atoms with E-state index in [0.717, 1.165) is 13.1 Å². The third-order valence-electron chi connectivity index (χ3n) is 3.14. The van der Waals surface area contributed by atoms with Crippen LogP contribution in [-0.2, 0) is 9.53 Å². The van der Waals surface area contributed by atoms with Gasteiger partial charge in [-0.2, -0.15) is 0 Å². The Kier molecular flexibility index (Phi) is 5.05. The van der Waals surface area contributed by atoms with Crippen LogP contribution in [0.15, 0.2) is 0 Å². The molecule has 0 aromatic heterocycles. The summed E-state index contributed by atoms with van der Waals surface area (Å²) in [7, 11) is 1.65. The number of carbonyl (C=O) groups excluding carboxylic acids is 1. The van der Waals surface area contributed by atoms with Crippen LogP contribution in [0.4, 0.5) is 0 Å². The Balaban J connectivity index is 1.99. The number of carbonyl (C=O) groups is 1. The van der Waals surface area contributed by atoms with Crippen LogP contribution < -0.4 is 10.6 Å². The number of ether oxygens (including phenoxy) is 1. The Bertz CT molecular complexity index is 203. The van der Waals surface area contributed by atoms with Crippen molar-refractivity contribution in [3.8, 4) is 0 Å². The first kappa shape index (κ1) is 12.5. The predicted octanol–water partition coefficient (Wildman–Crippen LogP) is 0.529. The average Bonchev–Trinajstić information content (AvgIpc) is 3.02. The summed E-state index contributed by atoms with van der Waals surface area (Å²) < 4.78 is 4.87. The quantitative estimate of drug-likeness (QED) is 0.579. The van der Waals surface area contributed by atoms with E-state index >= 15 is 0 Å². The zero-order valence-electron chi connectivity index (χ0n) is 9.77. The van der Waals surface area contributed by atoms with Crippen molar-refractivity contribution in [3.63, 3.8) is 0 Å². The number of hydrogen-bond donors (Lipinski definition) is 2. The molecule has 0 saturated heterocycles. The van der Waals surface area contributed by atoms with Crippen molar-refractivity contribution >= 4 is 5.91 Å². The van der Waals surface area contributed by atoms with Crippen LogP contribution in [0, 0.1) is 5.41 Å². The number of amides is 1. The lowest BCUT2D eigenvalue weighted by Crippen LogP contribution is -2.37. The monoisotopic (exact) mass is 214 g/mol. The van der Waals surface area contributed by atoms with Crippen LogP contribution in [0.3, 0.4) is 0 Å². The van der Waals surface area contributed by atoms with Gasteiger partial charge in [0.05, 0.1) is 13.2 Å². The minimum atomic E-state index is 0.0887. The molecule has 15 heavy (non-hydrogen) atoms. The highest BCUT2D eigenvalue weighted by Crippen LogP contribution is 2.47. The van der Waals surface area contributed by atoms with Gasteiger partial charge in [-0.3, -0.25) is 4.79 Å². The molecule has 0 atom stereocenters. The first-order valence-electron chi connectivity index (χ1n) is 5.69. The number of hydrogen-bond acceptors (Lipinski definition) is 3. The van der Waals surface area contributed by atoms with E-state index in [-0.39, 0.29) is 5.91 Å². The van der Waals surface area contributed by atoms with E-state index < -0.39 is 0 Å². The predicted molar refractivity (Wildman–Crippen MR) is 59.7 cm³/mol. The Morgan fingerprint density at radius 3 is 2.73 bits per heavy atom. The smallest absolute Gasteiger partial charge is 0.233 e. The summed E-state index contributed by atoms with van der Waals surface area (Å²) in [6.45, 7) is 4.79. The van der Waals surface area contributed by atoms with Gasteiger partial charge in [0, 0.05) is 20.2 Å². The average molecular weight is 214 g/mol. The lowest BCUT2D eigenvalue weighted by atomic mass is 10.0. The molecule has 2 N–H and O–H groups in total. The number of nitrogens with one attached hydrogen (secondary N) is 2. The molecule has 1 aliphatic carbocycles. The topological polar surface area (TPSA) is 50.4 Å². The molecule has 1 fully saturated rings. The highest BCUT2D eigenvalue weighted by atomic mass is 16.5. The molecule has 1 saturated carbocycles. The maximum Gasteiger partial charge on any atom is 0.233 e. The molecule has 0 radical (unpaired) electrons. The molecule has 0 aliphatic heterocycles. The molecule has 0 unspecified atom stereocenters. The summed E-state index contributed by atoms with van der Waals surface area (Å²) in [5, 5.41) is 5.99. The minimum Gasteiger partial charge on any atom is -0.383 e. The minimum absolute atomic E-state index is 0.0887. The summed E-state index contributed by atoms with van der Waals surface area (Å²) in [6, 6.07) is 0. The summed E-state index contributed by atoms with van der Waals surface area (Å²) >= 11 is 0. The standard InChI is InChI=1S/C11H22N2O2/c1-3-11(4-5-11)9-13-10(14)8-12-6-7-15-2/h12H,3-9H2,1-2H3,(H,13,14). The van der Waals surface area contributed by atoms with Crippen molar-refractivity contribution in [3.05, 3.63) is 0 Å². The van der Waals surface area contributed by atoms with E-state index in [1.165, 1.54) is 19.3 Å². The zero-order valence-corrected chi connectivity index (χ0v) is 9.77. The van der Waals surface area contributed by atoms with Gasteiger partial charge >= 0.3 is 0 Å². The molecule has 0 heterocycles. The van der Waals surface area contributed by atoms with Gasteiger partial charge in [-0.1, -0.05) is 6.92 Å². The first-order chi connectivity index (χ1) is 7.22. The van der Waals surface area contributed by atoms with Crippen LogP contribution in [0.2, 0.25) is 0 Å². The molecule has 0 bridgehead atoms. The Morgan fingerprint density at radius 1 is 1.47 bits per heavy atom. The van der Waals surface area contributed by atoms with Crippen molar-refractivity contribution in [2.24, 2.45) is 5.41 Å². The van der Waals surface area contributed by atoms with Crippen molar-refractivity contribution in [2.45, 2.75) is 26.2 Å². The summed E-state index contributed by atoms with van der Waals surface area (Å²) in [5.41, 5.74) is 0.433. The lowest BCUT2D eigenvalue weighted by Gasteiger charge is -2.13. The fourth-order valence-corrected chi connectivity index (χ4v) is 1.56. The SMILES string of the molecule is CCC1(CNC(=O)CNCCOC)CC1. The van der Waals surface area contributed by atoms with Crippen LogP contribution in [-0.4, -0.2) is 39.3 Å². The second-order valence-electron chi connectivity index (χ2n) is 4.30. The van der Waals surface area contributed by atoms with Crippen molar-refractivity contribution in [1.29, 1.82) is 0 Å². The van der Waals surface area contributed by atoms with Crippen molar-refractivity contribution in [2.75, 3.05) is 33.4 Å². The van der Waals surface area contributed by atoms with Crippen LogP contribution in [0.1, 0.15) is 26.2 Å². The number of rotatable bonds is 8. The normalized spacial score (nSPS) is 17.5. The largest absolute Gasteiger partial charge is 0.383 e. The van der Waals surface area contributed by atoms with Gasteiger partial charge in [-0.15, -0.1) is 0 Å². The second kappa shape index (κ2) is 6.08. The summed E-state index contributed by atoms with van der Waals surface area (Å²) in [6.07, 6.45) is 3.70. The van der Waals surface area contributed by atoms with E-state index in [9.17, 15) is 4.79 Å². The molecule has 88 valence electrons. The molecular formula is C11H22N2O2. The van der Waals surface area contributed by atoms with Gasteiger partial charge in [0.1, 0.15) is 0 Å². The maximum absolute atomic E-state index is 11.4. The first-order valence-corrected chi connectivity index (χ1v) is 5.69. The summed E-state index contributed by atoms with van der Waals surface area (Å²) in [5.74, 6) is 0.0887. The van der Waals surface area contributed by atoms with Crippen molar-refractivity contribution < 1.29 is 9.53 Å². The molecule has 1 rings (SSSR count). The number of methoxy groups -OCH3 is 1. The van der Waals surface area contributed by atoms with Crippen LogP contribution >= 0.6 is 0 Å². The van der Waals surface area contributed by atoms with Crippen molar-refractivity contribution in [1.82, 2.24) is 10.6 Å². The van der Waals surface area contributed by atoms with Gasteiger partial charge in [0.2, 0.25) is 5.91 Å². The van der Waals surface area contributed by atoms with Gasteiger partial charge in [-0.25, -0.2) is 0 Å². The lowest BCUT2D eigenvalue weighted by molar-refractivity contribution is -0.120. The second-order valence-corrected chi connectivity index (χ2v) is 4.30. The van der Waals surface area contributed by atoms with E-state index in [2.05, 4.69) is 17.6 Å². The molecule has 0 aromatic rings. The molecule has 1 amide bonds. The van der Waals surface area contributed by atoms with E-state index in [0.29, 0.717) is 18.6 Å². The molecular weight excluding hydrogens is 192 g/mol. The third kappa shape index (κ3) is 4.62. The Hall–Kier alpha value is -0.610. The molecule has 0 aromatic carbocycles. The third-order valence-corrected chi connectivity index (χ3v) is 3.14. The molecule has 4 nitrogen and oxygen atoms in total. The van der Waals surface area contributed by atoms with E-state index in [1.807, 2.05) is 0 Å². The van der Waals surface area contributed by atoms with Gasteiger partial charge in [0.25, 0.3) is 0 Å². The highest BCUT2D eigenvalue weighted by molar-refractivity contribution is 5.78. The van der Waals surface area contributed by atoms with Crippen LogP contribution in [0.5, 0.6) is 0 Å². The molecule has 1 aliphatic rings. The van der Waals surface area contributed by atoms with Gasteiger partial charge in [0.15, 0.2) is 0 Å². The van der Waals surface area contributed by atoms with Crippen LogP contribution in [0.25, 0.3) is 0 Å². The maximum atomic E-state index is 11.4. The highest BCUT2D eigenvalue weighted by Gasteiger charge is 2.40. The fraction of sp³-hybridized carbons (Fsp3) is 0.909. The fourth-order valence-electron chi connectivity index (χ4n) is 1.56. The Labute approximate surface area is 91.8 Å². The van der Waals surface area contributed by atoms with E-state index in [1.54, 1.807) is 7.11 Å². The van der Waals surface area contributed by atoms with Gasteiger partial charge in [-0.05, 0) is 24.7 Å². The summed E-state index contributed by atoms with van der Waals surface area (Å²) in [4.78, 5) is 11.4. The molecule has 4 heteroatoms. The van der Waals surface area contributed by atoms with E-state index in [4.69, 9.17) is 4.74 Å². The Morgan fingerprint density at radius 2 is 2.20 bits per heavy atom. The van der Waals surface area contributed by atoms with Gasteiger partial charge < -0.3 is 15.4 Å².